The fraction of sp³-hybridized carbons (Fsp3) is 0.300. The molecule has 0 bridgehead atoms. The summed E-state index contributed by atoms with van der Waals surface area (Å²) < 4.78 is 6.36. The molecule has 8 heteroatoms. The lowest BCUT2D eigenvalue weighted by Gasteiger charge is -2.21. The van der Waals surface area contributed by atoms with Crippen molar-refractivity contribution in [1.29, 1.82) is 0 Å². The Hall–Kier alpha value is -1.86. The van der Waals surface area contributed by atoms with Crippen molar-refractivity contribution < 1.29 is 9.53 Å². The molecule has 1 heterocycles. The molecule has 0 fully saturated rings. The van der Waals surface area contributed by atoms with Crippen LogP contribution in [0.2, 0.25) is 10.0 Å². The van der Waals surface area contributed by atoms with E-state index in [1.165, 1.54) is 11.3 Å². The molecule has 0 aliphatic carbocycles. The number of ether oxygens (including phenoxy) is 1. The van der Waals surface area contributed by atoms with Crippen LogP contribution in [0.3, 0.4) is 0 Å². The summed E-state index contributed by atoms with van der Waals surface area (Å²) >= 11 is 13.8. The van der Waals surface area contributed by atoms with E-state index >= 15 is 0 Å². The van der Waals surface area contributed by atoms with Gasteiger partial charge in [-0.15, -0.1) is 0 Å². The smallest absolute Gasteiger partial charge is 0.261 e. The van der Waals surface area contributed by atoms with Crippen LogP contribution in [0.5, 0.6) is 5.75 Å². The quantitative estimate of drug-likeness (QED) is 0.508. The number of hydrogen-bond acceptors (Lipinski definition) is 5. The van der Waals surface area contributed by atoms with Gasteiger partial charge in [0.05, 0.1) is 22.4 Å². The third-order valence-electron chi connectivity index (χ3n) is 4.21. The summed E-state index contributed by atoms with van der Waals surface area (Å²) in [6.07, 6.45) is 0.796. The zero-order valence-electron chi connectivity index (χ0n) is 15.9. The number of hydrogen-bond donors (Lipinski definition) is 0. The summed E-state index contributed by atoms with van der Waals surface area (Å²) in [5.41, 5.74) is 1.11. The normalized spacial score (nSPS) is 11.2. The Morgan fingerprint density at radius 2 is 1.96 bits per heavy atom. The van der Waals surface area contributed by atoms with Gasteiger partial charge in [-0.05, 0) is 57.4 Å². The van der Waals surface area contributed by atoms with Crippen molar-refractivity contribution in [2.45, 2.75) is 6.42 Å². The van der Waals surface area contributed by atoms with E-state index in [2.05, 4.69) is 9.88 Å². The van der Waals surface area contributed by atoms with Crippen LogP contribution >= 0.6 is 34.5 Å². The fourth-order valence-corrected chi connectivity index (χ4v) is 4.21. The Labute approximate surface area is 178 Å². The number of para-hydroxylation sites is 1. The average molecular weight is 438 g/mol. The van der Waals surface area contributed by atoms with E-state index < -0.39 is 0 Å². The Kier molecular flexibility index (Phi) is 6.78. The van der Waals surface area contributed by atoms with Crippen molar-refractivity contribution in [2.24, 2.45) is 0 Å². The van der Waals surface area contributed by atoms with Crippen LogP contribution in [-0.4, -0.2) is 50.1 Å². The molecule has 3 rings (SSSR count). The molecule has 0 spiro atoms. The second-order valence-electron chi connectivity index (χ2n) is 6.54. The first-order valence-corrected chi connectivity index (χ1v) is 10.3. The first kappa shape index (κ1) is 20.9. The zero-order chi connectivity index (χ0) is 20.3. The van der Waals surface area contributed by atoms with Crippen molar-refractivity contribution in [3.8, 4) is 5.75 Å². The SMILES string of the molecule is COc1cccc2sc(N(CCCN(C)C)C(=O)c3cc(Cl)ccc3Cl)nc12. The van der Waals surface area contributed by atoms with Gasteiger partial charge in [-0.1, -0.05) is 40.6 Å². The molecule has 1 amide bonds. The first-order chi connectivity index (χ1) is 13.4. The molecular formula is C20H21Cl2N3O2S. The number of fused-ring (bicyclic) bond motifs is 1. The van der Waals surface area contributed by atoms with Gasteiger partial charge in [-0.3, -0.25) is 9.69 Å². The van der Waals surface area contributed by atoms with Crippen LogP contribution in [0, 0.1) is 0 Å². The number of carbonyl (C=O) groups excluding carboxylic acids is 1. The van der Waals surface area contributed by atoms with Crippen LogP contribution in [-0.2, 0) is 0 Å². The largest absolute Gasteiger partial charge is 0.494 e. The standard InChI is InChI=1S/C20H21Cl2N3O2S/c1-24(2)10-5-11-25(19(26)14-12-13(21)8-9-15(14)22)20-23-18-16(27-3)6-4-7-17(18)28-20/h4,6-9,12H,5,10-11H2,1-3H3. The molecule has 0 saturated carbocycles. The van der Waals surface area contributed by atoms with Gasteiger partial charge in [0.25, 0.3) is 5.91 Å². The number of aromatic nitrogens is 1. The number of thiazole rings is 1. The predicted octanol–water partition coefficient (Wildman–Crippen LogP) is 5.21. The minimum absolute atomic E-state index is 0.218. The molecular weight excluding hydrogens is 417 g/mol. The van der Waals surface area contributed by atoms with E-state index in [0.29, 0.717) is 33.0 Å². The van der Waals surface area contributed by atoms with Gasteiger partial charge in [-0.2, -0.15) is 0 Å². The van der Waals surface area contributed by atoms with Crippen molar-refractivity contribution in [3.05, 3.63) is 52.0 Å². The van der Waals surface area contributed by atoms with Crippen molar-refractivity contribution in [3.63, 3.8) is 0 Å². The predicted molar refractivity (Wildman–Crippen MR) is 117 cm³/mol. The van der Waals surface area contributed by atoms with Crippen LogP contribution < -0.4 is 9.64 Å². The maximum Gasteiger partial charge on any atom is 0.261 e. The molecule has 148 valence electrons. The molecule has 0 N–H and O–H groups in total. The number of amides is 1. The summed E-state index contributed by atoms with van der Waals surface area (Å²) in [6, 6.07) is 10.6. The highest BCUT2D eigenvalue weighted by atomic mass is 35.5. The molecule has 0 unspecified atom stereocenters. The number of nitrogens with zero attached hydrogens (tertiary/aromatic N) is 3. The first-order valence-electron chi connectivity index (χ1n) is 8.76. The fourth-order valence-electron chi connectivity index (χ4n) is 2.83. The minimum atomic E-state index is -0.218. The number of anilines is 1. The van der Waals surface area contributed by atoms with Crippen LogP contribution in [0.4, 0.5) is 5.13 Å². The Bertz CT molecular complexity index is 991. The zero-order valence-corrected chi connectivity index (χ0v) is 18.2. The molecule has 3 aromatic rings. The van der Waals surface area contributed by atoms with Gasteiger partial charge in [0.2, 0.25) is 0 Å². The highest BCUT2D eigenvalue weighted by Crippen LogP contribution is 2.35. The third-order valence-corrected chi connectivity index (χ3v) is 5.82. The molecule has 0 atom stereocenters. The second-order valence-corrected chi connectivity index (χ2v) is 8.39. The maximum absolute atomic E-state index is 13.3. The number of carbonyl (C=O) groups is 1. The highest BCUT2D eigenvalue weighted by molar-refractivity contribution is 7.22. The molecule has 1 aromatic heterocycles. The Morgan fingerprint density at radius 3 is 2.68 bits per heavy atom. The molecule has 0 saturated heterocycles. The van der Waals surface area contributed by atoms with Crippen molar-refractivity contribution in [1.82, 2.24) is 9.88 Å². The highest BCUT2D eigenvalue weighted by Gasteiger charge is 2.24. The molecule has 28 heavy (non-hydrogen) atoms. The van der Waals surface area contributed by atoms with Crippen molar-refractivity contribution in [2.75, 3.05) is 39.2 Å². The molecule has 2 aromatic carbocycles. The summed E-state index contributed by atoms with van der Waals surface area (Å²) in [5.74, 6) is 0.464. The summed E-state index contributed by atoms with van der Waals surface area (Å²) in [6.45, 7) is 1.36. The summed E-state index contributed by atoms with van der Waals surface area (Å²) in [5, 5.41) is 1.44. The Balaban J connectivity index is 2.01. The van der Waals surface area contributed by atoms with Gasteiger partial charge in [0.15, 0.2) is 5.13 Å². The monoisotopic (exact) mass is 437 g/mol. The van der Waals surface area contributed by atoms with E-state index in [4.69, 9.17) is 27.9 Å². The molecule has 0 radical (unpaired) electrons. The van der Waals surface area contributed by atoms with Crippen LogP contribution in [0.15, 0.2) is 36.4 Å². The van der Waals surface area contributed by atoms with Gasteiger partial charge in [-0.25, -0.2) is 4.98 Å². The van der Waals surface area contributed by atoms with Gasteiger partial charge < -0.3 is 9.64 Å². The molecule has 5 nitrogen and oxygen atoms in total. The van der Waals surface area contributed by atoms with Crippen LogP contribution in [0.25, 0.3) is 10.2 Å². The van der Waals surface area contributed by atoms with Crippen molar-refractivity contribution >= 4 is 55.8 Å². The minimum Gasteiger partial charge on any atom is -0.494 e. The van der Waals surface area contributed by atoms with E-state index in [1.807, 2.05) is 32.3 Å². The Morgan fingerprint density at radius 1 is 1.18 bits per heavy atom. The van der Waals surface area contributed by atoms with E-state index in [-0.39, 0.29) is 5.91 Å². The summed E-state index contributed by atoms with van der Waals surface area (Å²) in [4.78, 5) is 21.8. The lowest BCUT2D eigenvalue weighted by molar-refractivity contribution is 0.0986. The maximum atomic E-state index is 13.3. The lowest BCUT2D eigenvalue weighted by Crippen LogP contribution is -2.33. The van der Waals surface area contributed by atoms with E-state index in [1.54, 1.807) is 30.2 Å². The average Bonchev–Trinajstić information content (AvgIpc) is 3.10. The molecule has 0 aliphatic rings. The molecule has 0 aliphatic heterocycles. The van der Waals surface area contributed by atoms with Gasteiger partial charge in [0, 0.05) is 11.6 Å². The number of rotatable bonds is 7. The number of methoxy groups -OCH3 is 1. The number of benzene rings is 2. The van der Waals surface area contributed by atoms with Crippen LogP contribution in [0.1, 0.15) is 16.8 Å². The third kappa shape index (κ3) is 4.58. The topological polar surface area (TPSA) is 45.7 Å². The van der Waals surface area contributed by atoms with Gasteiger partial charge in [0.1, 0.15) is 11.3 Å². The van der Waals surface area contributed by atoms with Gasteiger partial charge >= 0.3 is 0 Å². The summed E-state index contributed by atoms with van der Waals surface area (Å²) in [7, 11) is 5.62. The number of halogens is 2. The lowest BCUT2D eigenvalue weighted by atomic mass is 10.2. The second kappa shape index (κ2) is 9.09. The van der Waals surface area contributed by atoms with E-state index in [0.717, 1.165) is 23.2 Å². The van der Waals surface area contributed by atoms with E-state index in [9.17, 15) is 4.79 Å².